The number of benzene rings is 2. The second-order valence-electron chi connectivity index (χ2n) is 8.24. The fraction of sp³-hybridized carbons (Fsp3) is 0.240. The predicted molar refractivity (Wildman–Crippen MR) is 123 cm³/mol. The van der Waals surface area contributed by atoms with Crippen LogP contribution in [0.5, 0.6) is 0 Å². The van der Waals surface area contributed by atoms with E-state index in [9.17, 15) is 27.6 Å². The highest BCUT2D eigenvalue weighted by Gasteiger charge is 2.41. The van der Waals surface area contributed by atoms with E-state index in [0.717, 1.165) is 12.1 Å². The van der Waals surface area contributed by atoms with Crippen LogP contribution in [-0.4, -0.2) is 17.1 Å². The summed E-state index contributed by atoms with van der Waals surface area (Å²) < 4.78 is 55.4. The van der Waals surface area contributed by atoms with Crippen molar-refractivity contribution in [2.45, 2.75) is 38.0 Å². The van der Waals surface area contributed by atoms with Crippen LogP contribution < -0.4 is 10.6 Å². The lowest BCUT2D eigenvalue weighted by molar-refractivity contribution is -0.137. The van der Waals surface area contributed by atoms with Gasteiger partial charge in [-0.05, 0) is 67.4 Å². The Hall–Kier alpha value is -3.64. The number of rotatable bonds is 6. The largest absolute Gasteiger partial charge is 0.416 e. The summed E-state index contributed by atoms with van der Waals surface area (Å²) in [5, 5.41) is 14.9. The van der Waals surface area contributed by atoms with Gasteiger partial charge in [-0.2, -0.15) is 18.4 Å². The second-order valence-corrected chi connectivity index (χ2v) is 8.67. The number of nitrogens with zero attached hydrogens (tertiary/aromatic N) is 2. The third-order valence-electron chi connectivity index (χ3n) is 5.15. The minimum atomic E-state index is -4.84. The molecule has 35 heavy (non-hydrogen) atoms. The minimum Gasteiger partial charge on any atom is -0.336 e. The molecule has 0 aliphatic heterocycles. The highest BCUT2D eigenvalue weighted by Crippen LogP contribution is 2.38. The number of hydrogen-bond acceptors (Lipinski definition) is 3. The molecular weight excluding hydrogens is 484 g/mol. The molecule has 0 aliphatic rings. The molecule has 1 aromatic heterocycles. The van der Waals surface area contributed by atoms with E-state index < -0.39 is 29.1 Å². The van der Waals surface area contributed by atoms with Crippen molar-refractivity contribution in [3.63, 3.8) is 0 Å². The van der Waals surface area contributed by atoms with Crippen LogP contribution in [0.4, 0.5) is 22.4 Å². The van der Waals surface area contributed by atoms with Gasteiger partial charge in [-0.1, -0.05) is 23.7 Å². The SMILES string of the molecule is CC(C)NC(=O)N[C@](Cc1cccc(C#N)c1)(c1cc(F)cc(C(F)(F)F)c1)c1ccc(Cl)cn1. The van der Waals surface area contributed by atoms with Crippen molar-refractivity contribution >= 4 is 17.6 Å². The number of amides is 2. The monoisotopic (exact) mass is 504 g/mol. The predicted octanol–water partition coefficient (Wildman–Crippen LogP) is 5.96. The summed E-state index contributed by atoms with van der Waals surface area (Å²) in [4.78, 5) is 17.2. The Labute approximate surface area is 204 Å². The fourth-order valence-electron chi connectivity index (χ4n) is 3.70. The van der Waals surface area contributed by atoms with Gasteiger partial charge >= 0.3 is 12.2 Å². The minimum absolute atomic E-state index is 0.127. The number of nitriles is 1. The maximum atomic E-state index is 14.6. The summed E-state index contributed by atoms with van der Waals surface area (Å²) in [6, 6.07) is 12.4. The van der Waals surface area contributed by atoms with Crippen LogP contribution in [0.1, 0.15) is 41.8 Å². The van der Waals surface area contributed by atoms with Crippen LogP contribution in [0.2, 0.25) is 5.02 Å². The molecule has 0 radical (unpaired) electrons. The van der Waals surface area contributed by atoms with Crippen LogP contribution in [0.25, 0.3) is 0 Å². The van der Waals surface area contributed by atoms with Crippen molar-refractivity contribution in [3.05, 3.63) is 99.6 Å². The summed E-state index contributed by atoms with van der Waals surface area (Å²) in [7, 11) is 0. The highest BCUT2D eigenvalue weighted by molar-refractivity contribution is 6.30. The van der Waals surface area contributed by atoms with Gasteiger partial charge in [0.25, 0.3) is 0 Å². The van der Waals surface area contributed by atoms with Crippen molar-refractivity contribution in [1.29, 1.82) is 5.26 Å². The molecule has 2 N–H and O–H groups in total. The molecule has 10 heteroatoms. The normalized spacial score (nSPS) is 13.1. The van der Waals surface area contributed by atoms with Gasteiger partial charge in [-0.15, -0.1) is 0 Å². The molecule has 0 unspecified atom stereocenters. The quantitative estimate of drug-likeness (QED) is 0.407. The summed E-state index contributed by atoms with van der Waals surface area (Å²) in [5.74, 6) is -1.13. The van der Waals surface area contributed by atoms with E-state index in [4.69, 9.17) is 11.6 Å². The molecule has 0 saturated carbocycles. The first-order valence-corrected chi connectivity index (χ1v) is 10.9. The molecule has 5 nitrogen and oxygen atoms in total. The lowest BCUT2D eigenvalue weighted by atomic mass is 9.79. The smallest absolute Gasteiger partial charge is 0.336 e. The summed E-state index contributed by atoms with van der Waals surface area (Å²) in [5.41, 5.74) is -2.21. The molecule has 0 aliphatic carbocycles. The van der Waals surface area contributed by atoms with Crippen molar-refractivity contribution in [1.82, 2.24) is 15.6 Å². The first-order valence-electron chi connectivity index (χ1n) is 10.5. The van der Waals surface area contributed by atoms with Gasteiger partial charge in [-0.25, -0.2) is 9.18 Å². The average Bonchev–Trinajstić information content (AvgIpc) is 2.77. The Morgan fingerprint density at radius 1 is 1.11 bits per heavy atom. The van der Waals surface area contributed by atoms with Gasteiger partial charge in [-0.3, -0.25) is 4.98 Å². The second kappa shape index (κ2) is 10.3. The molecule has 0 spiro atoms. The van der Waals surface area contributed by atoms with Crippen molar-refractivity contribution in [2.24, 2.45) is 0 Å². The van der Waals surface area contributed by atoms with E-state index in [1.54, 1.807) is 32.0 Å². The van der Waals surface area contributed by atoms with Crippen LogP contribution >= 0.6 is 11.6 Å². The fourth-order valence-corrected chi connectivity index (χ4v) is 3.81. The Balaban J connectivity index is 2.32. The number of carbonyl (C=O) groups excluding carboxylic acids is 1. The van der Waals surface area contributed by atoms with Gasteiger partial charge in [0, 0.05) is 18.7 Å². The standard InChI is InChI=1S/C25H21ClF4N4O/c1-15(2)33-23(35)34-24(22-7-6-20(26)14-32-22,12-16-4-3-5-17(8-16)13-31)18-9-19(25(28,29)30)11-21(27)10-18/h3-11,14-15H,12H2,1-2H3,(H2,33,34,35)/t24-/m1/s1. The number of pyridine rings is 1. The third-order valence-corrected chi connectivity index (χ3v) is 5.38. The molecular formula is C25H21ClF4N4O. The first-order chi connectivity index (χ1) is 16.4. The van der Waals surface area contributed by atoms with E-state index in [1.807, 2.05) is 6.07 Å². The van der Waals surface area contributed by atoms with E-state index in [2.05, 4.69) is 15.6 Å². The topological polar surface area (TPSA) is 77.8 Å². The van der Waals surface area contributed by atoms with Gasteiger partial charge < -0.3 is 10.6 Å². The molecule has 0 bridgehead atoms. The molecule has 1 atom stereocenters. The average molecular weight is 505 g/mol. The van der Waals surface area contributed by atoms with E-state index in [0.29, 0.717) is 17.2 Å². The molecule has 2 amide bonds. The van der Waals surface area contributed by atoms with Crippen LogP contribution in [0, 0.1) is 17.1 Å². The van der Waals surface area contributed by atoms with E-state index in [1.165, 1.54) is 24.4 Å². The number of aromatic nitrogens is 1. The molecule has 1 heterocycles. The third kappa shape index (κ3) is 6.28. The van der Waals surface area contributed by atoms with Gasteiger partial charge in [0.2, 0.25) is 0 Å². The van der Waals surface area contributed by atoms with Gasteiger partial charge in [0.15, 0.2) is 0 Å². The van der Waals surface area contributed by atoms with Crippen LogP contribution in [0.15, 0.2) is 60.8 Å². The Morgan fingerprint density at radius 2 is 1.83 bits per heavy atom. The number of carbonyl (C=O) groups is 1. The Kier molecular flexibility index (Phi) is 7.66. The molecule has 3 aromatic rings. The van der Waals surface area contributed by atoms with E-state index >= 15 is 0 Å². The van der Waals surface area contributed by atoms with Crippen molar-refractivity contribution in [2.75, 3.05) is 0 Å². The van der Waals surface area contributed by atoms with Gasteiger partial charge in [0.1, 0.15) is 11.4 Å². The maximum Gasteiger partial charge on any atom is 0.416 e. The first kappa shape index (κ1) is 26.0. The number of alkyl halides is 3. The maximum absolute atomic E-state index is 14.6. The van der Waals surface area contributed by atoms with Crippen LogP contribution in [0.3, 0.4) is 0 Å². The van der Waals surface area contributed by atoms with Gasteiger partial charge in [0.05, 0.1) is 27.9 Å². The zero-order valence-corrected chi connectivity index (χ0v) is 19.5. The molecule has 0 saturated heterocycles. The summed E-state index contributed by atoms with van der Waals surface area (Å²) in [6.07, 6.45) is -3.69. The number of urea groups is 1. The Bertz CT molecular complexity index is 1260. The van der Waals surface area contributed by atoms with Crippen LogP contribution in [-0.2, 0) is 18.1 Å². The number of nitrogens with one attached hydrogen (secondary N) is 2. The highest BCUT2D eigenvalue weighted by atomic mass is 35.5. The number of halogens is 5. The molecule has 182 valence electrons. The summed E-state index contributed by atoms with van der Waals surface area (Å²) >= 11 is 5.99. The molecule has 3 rings (SSSR count). The van der Waals surface area contributed by atoms with E-state index in [-0.39, 0.29) is 28.7 Å². The van der Waals surface area contributed by atoms with Crippen molar-refractivity contribution < 1.29 is 22.4 Å². The number of hydrogen-bond donors (Lipinski definition) is 2. The molecule has 2 aromatic carbocycles. The van der Waals surface area contributed by atoms with Crippen molar-refractivity contribution in [3.8, 4) is 6.07 Å². The molecule has 0 fully saturated rings. The Morgan fingerprint density at radius 3 is 2.43 bits per heavy atom. The zero-order chi connectivity index (χ0) is 25.8. The lowest BCUT2D eigenvalue weighted by Crippen LogP contribution is -2.53. The summed E-state index contributed by atoms with van der Waals surface area (Å²) in [6.45, 7) is 3.42. The zero-order valence-electron chi connectivity index (χ0n) is 18.8. The lowest BCUT2D eigenvalue weighted by Gasteiger charge is -2.36.